The topological polar surface area (TPSA) is 67.9 Å². The smallest absolute Gasteiger partial charge is 0.418 e. The summed E-state index contributed by atoms with van der Waals surface area (Å²) in [7, 11) is 0. The third-order valence-corrected chi connectivity index (χ3v) is 6.64. The average molecular weight is 589 g/mol. The molecule has 0 aromatic heterocycles. The normalized spacial score (nSPS) is 15.0. The molecule has 35 heavy (non-hydrogen) atoms. The van der Waals surface area contributed by atoms with Crippen LogP contribution in [0.3, 0.4) is 0 Å². The first-order valence-corrected chi connectivity index (χ1v) is 12.4. The highest BCUT2D eigenvalue weighted by molar-refractivity contribution is 9.10. The van der Waals surface area contributed by atoms with Crippen LogP contribution in [0.1, 0.15) is 25.0 Å². The van der Waals surface area contributed by atoms with E-state index in [1.54, 1.807) is 25.1 Å². The van der Waals surface area contributed by atoms with Gasteiger partial charge in [-0.15, -0.1) is 0 Å². The number of benzene rings is 2. The van der Waals surface area contributed by atoms with Gasteiger partial charge in [-0.25, -0.2) is 0 Å². The van der Waals surface area contributed by atoms with Crippen LogP contribution >= 0.6 is 39.9 Å². The van der Waals surface area contributed by atoms with E-state index in [-0.39, 0.29) is 24.0 Å². The standard InChI is InChI=1S/C23H20BrF3N2O4S2/c1-3-29-21(31)18(35-22(29)34)11-13-9-15(24)20(17(10-13)32-4-2)33-12-19(30)28-16-8-6-5-7-14(16)23(25,26)27/h5-11H,3-4,12H2,1-2H3,(H,28,30)/b18-11-. The molecule has 0 saturated carbocycles. The highest BCUT2D eigenvalue weighted by Gasteiger charge is 2.34. The van der Waals surface area contributed by atoms with Gasteiger partial charge in [0.25, 0.3) is 11.8 Å². The molecule has 2 aromatic carbocycles. The summed E-state index contributed by atoms with van der Waals surface area (Å²) in [4.78, 5) is 26.8. The molecule has 1 aliphatic heterocycles. The Bertz CT molecular complexity index is 1190. The number of nitrogens with one attached hydrogen (secondary N) is 1. The Hall–Kier alpha value is -2.57. The molecular weight excluding hydrogens is 569 g/mol. The number of likely N-dealkylation sites (N-methyl/N-ethyl adjacent to an activating group) is 1. The van der Waals surface area contributed by atoms with Crippen LogP contribution in [-0.4, -0.2) is 40.8 Å². The monoisotopic (exact) mass is 588 g/mol. The number of rotatable bonds is 8. The van der Waals surface area contributed by atoms with Crippen LogP contribution in [0.15, 0.2) is 45.8 Å². The molecule has 0 unspecified atom stereocenters. The Morgan fingerprint density at radius 1 is 1.23 bits per heavy atom. The molecular formula is C23H20BrF3N2O4S2. The van der Waals surface area contributed by atoms with Crippen molar-refractivity contribution in [2.45, 2.75) is 20.0 Å². The van der Waals surface area contributed by atoms with Crippen LogP contribution in [0.5, 0.6) is 11.5 Å². The number of alkyl halides is 3. The zero-order chi connectivity index (χ0) is 25.8. The third kappa shape index (κ3) is 6.56. The van der Waals surface area contributed by atoms with Crippen molar-refractivity contribution in [1.29, 1.82) is 0 Å². The number of ether oxygens (including phenoxy) is 2. The van der Waals surface area contributed by atoms with Gasteiger partial charge < -0.3 is 14.8 Å². The molecule has 6 nitrogen and oxygen atoms in total. The van der Waals surface area contributed by atoms with E-state index in [1.807, 2.05) is 6.92 Å². The molecule has 0 aliphatic carbocycles. The Morgan fingerprint density at radius 3 is 2.57 bits per heavy atom. The molecule has 12 heteroatoms. The zero-order valence-electron chi connectivity index (χ0n) is 18.6. The van der Waals surface area contributed by atoms with Crippen LogP contribution in [0.4, 0.5) is 18.9 Å². The highest BCUT2D eigenvalue weighted by atomic mass is 79.9. The lowest BCUT2D eigenvalue weighted by atomic mass is 10.1. The van der Waals surface area contributed by atoms with E-state index >= 15 is 0 Å². The summed E-state index contributed by atoms with van der Waals surface area (Å²) < 4.78 is 51.6. The summed E-state index contributed by atoms with van der Waals surface area (Å²) in [6.45, 7) is 3.80. The molecule has 1 heterocycles. The maximum atomic E-state index is 13.2. The lowest BCUT2D eigenvalue weighted by molar-refractivity contribution is -0.137. The zero-order valence-corrected chi connectivity index (χ0v) is 21.8. The summed E-state index contributed by atoms with van der Waals surface area (Å²) in [6.07, 6.45) is -2.94. The van der Waals surface area contributed by atoms with Gasteiger partial charge >= 0.3 is 6.18 Å². The number of halogens is 4. The van der Waals surface area contributed by atoms with Gasteiger partial charge in [0.05, 0.1) is 27.2 Å². The number of carbonyl (C=O) groups is 2. The lowest BCUT2D eigenvalue weighted by Crippen LogP contribution is -2.27. The van der Waals surface area contributed by atoms with Gasteiger partial charge in [0.2, 0.25) is 0 Å². The predicted octanol–water partition coefficient (Wildman–Crippen LogP) is 6.11. The molecule has 0 bridgehead atoms. The molecule has 0 radical (unpaired) electrons. The Kier molecular flexibility index (Phi) is 8.84. The highest BCUT2D eigenvalue weighted by Crippen LogP contribution is 2.39. The maximum absolute atomic E-state index is 13.2. The second-order valence-electron chi connectivity index (χ2n) is 7.07. The van der Waals surface area contributed by atoms with Crippen molar-refractivity contribution in [2.24, 2.45) is 0 Å². The Balaban J connectivity index is 1.78. The summed E-state index contributed by atoms with van der Waals surface area (Å²) >= 11 is 9.81. The fourth-order valence-corrected chi connectivity index (χ4v) is 5.12. The molecule has 2 amide bonds. The number of thiocarbonyl (C=S) groups is 1. The minimum atomic E-state index is -4.61. The Morgan fingerprint density at radius 2 is 1.94 bits per heavy atom. The summed E-state index contributed by atoms with van der Waals surface area (Å²) in [5, 5.41) is 2.23. The van der Waals surface area contributed by atoms with Gasteiger partial charge in [-0.2, -0.15) is 13.2 Å². The van der Waals surface area contributed by atoms with Gasteiger partial charge in [0, 0.05) is 6.54 Å². The van der Waals surface area contributed by atoms with Crippen LogP contribution in [0, 0.1) is 0 Å². The van der Waals surface area contributed by atoms with Crippen LogP contribution in [-0.2, 0) is 15.8 Å². The molecule has 1 N–H and O–H groups in total. The molecule has 0 atom stereocenters. The summed E-state index contributed by atoms with van der Waals surface area (Å²) in [5.41, 5.74) is -0.687. The van der Waals surface area contributed by atoms with Crippen molar-refractivity contribution in [3.05, 3.63) is 56.9 Å². The number of para-hydroxylation sites is 1. The number of nitrogens with zero attached hydrogens (tertiary/aromatic N) is 1. The van der Waals surface area contributed by atoms with Crippen molar-refractivity contribution in [3.8, 4) is 11.5 Å². The van der Waals surface area contributed by atoms with E-state index in [4.69, 9.17) is 21.7 Å². The van der Waals surface area contributed by atoms with Crippen LogP contribution in [0.2, 0.25) is 0 Å². The van der Waals surface area contributed by atoms with Crippen molar-refractivity contribution in [1.82, 2.24) is 4.90 Å². The van der Waals surface area contributed by atoms with Gasteiger partial charge in [-0.1, -0.05) is 36.1 Å². The van der Waals surface area contributed by atoms with E-state index in [0.29, 0.717) is 31.6 Å². The molecule has 1 saturated heterocycles. The van der Waals surface area contributed by atoms with Crippen molar-refractivity contribution in [2.75, 3.05) is 25.1 Å². The first kappa shape index (κ1) is 27.0. The summed E-state index contributed by atoms with van der Waals surface area (Å²) in [6, 6.07) is 7.99. The van der Waals surface area contributed by atoms with E-state index in [0.717, 1.165) is 12.1 Å². The minimum Gasteiger partial charge on any atom is -0.490 e. The summed E-state index contributed by atoms with van der Waals surface area (Å²) in [5.74, 6) is -0.469. The molecule has 2 aromatic rings. The molecule has 186 valence electrons. The third-order valence-electron chi connectivity index (χ3n) is 4.67. The number of thioether (sulfide) groups is 1. The fraction of sp³-hybridized carbons (Fsp3) is 0.261. The van der Waals surface area contributed by atoms with E-state index < -0.39 is 24.3 Å². The Labute approximate surface area is 218 Å². The lowest BCUT2D eigenvalue weighted by Gasteiger charge is -2.16. The predicted molar refractivity (Wildman–Crippen MR) is 136 cm³/mol. The molecule has 1 fully saturated rings. The molecule has 3 rings (SSSR count). The number of amides is 2. The minimum absolute atomic E-state index is 0.187. The van der Waals surface area contributed by atoms with Gasteiger partial charge in [0.1, 0.15) is 4.32 Å². The quantitative estimate of drug-likeness (QED) is 0.297. The van der Waals surface area contributed by atoms with E-state index in [1.165, 1.54) is 28.8 Å². The van der Waals surface area contributed by atoms with Crippen molar-refractivity contribution >= 4 is 67.8 Å². The maximum Gasteiger partial charge on any atom is 0.418 e. The van der Waals surface area contributed by atoms with Crippen LogP contribution < -0.4 is 14.8 Å². The van der Waals surface area contributed by atoms with Gasteiger partial charge in [-0.05, 0) is 65.7 Å². The molecule has 0 spiro atoms. The fourth-order valence-electron chi connectivity index (χ4n) is 3.16. The first-order valence-electron chi connectivity index (χ1n) is 10.4. The van der Waals surface area contributed by atoms with E-state index in [2.05, 4.69) is 21.2 Å². The largest absolute Gasteiger partial charge is 0.490 e. The second kappa shape index (κ2) is 11.4. The molecule has 1 aliphatic rings. The van der Waals surface area contributed by atoms with Gasteiger partial charge in [0.15, 0.2) is 18.1 Å². The number of hydrogen-bond acceptors (Lipinski definition) is 6. The first-order chi connectivity index (χ1) is 16.5. The average Bonchev–Trinajstić information content (AvgIpc) is 3.05. The van der Waals surface area contributed by atoms with Gasteiger partial charge in [-0.3, -0.25) is 14.5 Å². The van der Waals surface area contributed by atoms with Crippen molar-refractivity contribution in [3.63, 3.8) is 0 Å². The van der Waals surface area contributed by atoms with E-state index in [9.17, 15) is 22.8 Å². The van der Waals surface area contributed by atoms with Crippen LogP contribution in [0.25, 0.3) is 6.08 Å². The second-order valence-corrected chi connectivity index (χ2v) is 9.60. The number of anilines is 1. The van der Waals surface area contributed by atoms with Crippen molar-refractivity contribution < 1.29 is 32.2 Å². The number of hydrogen-bond donors (Lipinski definition) is 1. The SMILES string of the molecule is CCOc1cc(/C=C2\SC(=S)N(CC)C2=O)cc(Br)c1OCC(=O)Nc1ccccc1C(F)(F)F. The number of carbonyl (C=O) groups excluding carboxylic acids is 2.